The quantitative estimate of drug-likeness (QED) is 0.338. The van der Waals surface area contributed by atoms with Crippen molar-refractivity contribution in [2.75, 3.05) is 52.6 Å². The van der Waals surface area contributed by atoms with E-state index in [4.69, 9.17) is 20.4 Å². The molecule has 2 aliphatic heterocycles. The first-order valence-electron chi connectivity index (χ1n) is 6.61. The fourth-order valence-corrected chi connectivity index (χ4v) is 2.43. The predicted molar refractivity (Wildman–Crippen MR) is 68.0 cm³/mol. The van der Waals surface area contributed by atoms with Crippen molar-refractivity contribution < 1.29 is 20.4 Å². The highest BCUT2D eigenvalue weighted by Crippen LogP contribution is 2.14. The highest BCUT2D eigenvalue weighted by atomic mass is 16.3. The Hall–Kier alpha value is -0.240. The summed E-state index contributed by atoms with van der Waals surface area (Å²) in [7, 11) is 0. The zero-order valence-corrected chi connectivity index (χ0v) is 10.8. The molecule has 2 saturated heterocycles. The van der Waals surface area contributed by atoms with Gasteiger partial charge in [0.05, 0.1) is 0 Å². The molecule has 0 bridgehead atoms. The number of aliphatic hydroxyl groups excluding tert-OH is 4. The maximum absolute atomic E-state index is 8.72. The smallest absolute Gasteiger partial charge is 0.0475 e. The SMILES string of the molecule is OC[C@@H]1CNC[C@H]1CO.OC[C@H]1CNC[C@@H]1CO. The molecule has 6 heteroatoms. The van der Waals surface area contributed by atoms with E-state index in [2.05, 4.69) is 10.6 Å². The summed E-state index contributed by atoms with van der Waals surface area (Å²) >= 11 is 0. The van der Waals surface area contributed by atoms with Crippen LogP contribution in [0.25, 0.3) is 0 Å². The largest absolute Gasteiger partial charge is 0.396 e. The lowest BCUT2D eigenvalue weighted by atomic mass is 9.98. The second kappa shape index (κ2) is 8.79. The van der Waals surface area contributed by atoms with Gasteiger partial charge in [0.1, 0.15) is 0 Å². The first kappa shape index (κ1) is 15.8. The van der Waals surface area contributed by atoms with E-state index in [1.54, 1.807) is 0 Å². The van der Waals surface area contributed by atoms with Gasteiger partial charge in [0.25, 0.3) is 0 Å². The third-order valence-corrected chi connectivity index (χ3v) is 3.90. The standard InChI is InChI=1S/2C6H13NO2/c2*8-3-5-1-7-2-6(5)4-9/h2*5-9H,1-4H2/t2*5-,6-/m10/s1. The van der Waals surface area contributed by atoms with E-state index >= 15 is 0 Å². The summed E-state index contributed by atoms with van der Waals surface area (Å²) in [5.74, 6) is 1.09. The van der Waals surface area contributed by atoms with Crippen LogP contribution in [0.15, 0.2) is 0 Å². The molecule has 0 saturated carbocycles. The van der Waals surface area contributed by atoms with Gasteiger partial charge in [-0.3, -0.25) is 0 Å². The molecule has 6 N–H and O–H groups in total. The Balaban J connectivity index is 0.000000180. The molecule has 2 fully saturated rings. The van der Waals surface area contributed by atoms with Gasteiger partial charge < -0.3 is 31.1 Å². The van der Waals surface area contributed by atoms with Gasteiger partial charge in [-0.25, -0.2) is 0 Å². The van der Waals surface area contributed by atoms with Crippen LogP contribution in [0, 0.1) is 23.7 Å². The molecule has 0 aromatic heterocycles. The molecule has 0 unspecified atom stereocenters. The normalized spacial score (nSPS) is 35.3. The second-order valence-corrected chi connectivity index (χ2v) is 5.09. The molecule has 4 atom stereocenters. The Kier molecular flexibility index (Phi) is 7.73. The summed E-state index contributed by atoms with van der Waals surface area (Å²) in [6, 6.07) is 0. The van der Waals surface area contributed by atoms with Crippen LogP contribution >= 0.6 is 0 Å². The first-order valence-corrected chi connectivity index (χ1v) is 6.61. The zero-order valence-electron chi connectivity index (χ0n) is 10.8. The van der Waals surface area contributed by atoms with Crippen molar-refractivity contribution in [2.45, 2.75) is 0 Å². The summed E-state index contributed by atoms with van der Waals surface area (Å²) in [5, 5.41) is 41.1. The van der Waals surface area contributed by atoms with Crippen molar-refractivity contribution in [3.63, 3.8) is 0 Å². The lowest BCUT2D eigenvalue weighted by molar-refractivity contribution is 0.152. The van der Waals surface area contributed by atoms with Gasteiger partial charge in [0.2, 0.25) is 0 Å². The molecule has 2 rings (SSSR count). The molecule has 0 spiro atoms. The minimum absolute atomic E-state index is 0.193. The molecule has 2 heterocycles. The number of hydrogen-bond acceptors (Lipinski definition) is 6. The zero-order chi connectivity index (χ0) is 13.4. The van der Waals surface area contributed by atoms with Crippen LogP contribution in [0.3, 0.4) is 0 Å². The number of aliphatic hydroxyl groups is 4. The molecule has 18 heavy (non-hydrogen) atoms. The van der Waals surface area contributed by atoms with Gasteiger partial charge in [-0.15, -0.1) is 0 Å². The summed E-state index contributed by atoms with van der Waals surface area (Å²) in [5.41, 5.74) is 0. The van der Waals surface area contributed by atoms with Gasteiger partial charge >= 0.3 is 0 Å². The monoisotopic (exact) mass is 262 g/mol. The minimum atomic E-state index is 0.193. The van der Waals surface area contributed by atoms with E-state index in [-0.39, 0.29) is 50.1 Å². The van der Waals surface area contributed by atoms with E-state index in [9.17, 15) is 0 Å². The lowest BCUT2D eigenvalue weighted by Gasteiger charge is -2.11. The fourth-order valence-electron chi connectivity index (χ4n) is 2.43. The van der Waals surface area contributed by atoms with Gasteiger partial charge in [0.15, 0.2) is 0 Å². The molecule has 0 aromatic carbocycles. The fraction of sp³-hybridized carbons (Fsp3) is 1.00. The predicted octanol–water partition coefficient (Wildman–Crippen LogP) is -2.39. The Labute approximate surface area is 108 Å². The second-order valence-electron chi connectivity index (χ2n) is 5.09. The third kappa shape index (κ3) is 4.46. The van der Waals surface area contributed by atoms with Crippen molar-refractivity contribution in [3.8, 4) is 0 Å². The summed E-state index contributed by atoms with van der Waals surface area (Å²) in [6.07, 6.45) is 0. The maximum atomic E-state index is 8.72. The van der Waals surface area contributed by atoms with Crippen molar-refractivity contribution in [1.82, 2.24) is 10.6 Å². The Morgan fingerprint density at radius 1 is 0.556 bits per heavy atom. The molecule has 0 amide bonds. The van der Waals surface area contributed by atoms with Crippen molar-refractivity contribution >= 4 is 0 Å². The van der Waals surface area contributed by atoms with Gasteiger partial charge in [0, 0.05) is 76.3 Å². The molecular weight excluding hydrogens is 236 g/mol. The van der Waals surface area contributed by atoms with Crippen LogP contribution in [-0.4, -0.2) is 73.0 Å². The summed E-state index contributed by atoms with van der Waals surface area (Å²) < 4.78 is 0. The lowest BCUT2D eigenvalue weighted by Crippen LogP contribution is -2.19. The average Bonchev–Trinajstić information content (AvgIpc) is 3.06. The number of rotatable bonds is 4. The molecule has 108 valence electrons. The van der Waals surface area contributed by atoms with E-state index in [0.29, 0.717) is 0 Å². The molecule has 0 radical (unpaired) electrons. The maximum Gasteiger partial charge on any atom is 0.0475 e. The van der Waals surface area contributed by atoms with Gasteiger partial charge in [-0.1, -0.05) is 0 Å². The number of nitrogens with one attached hydrogen (secondary N) is 2. The topological polar surface area (TPSA) is 105 Å². The van der Waals surface area contributed by atoms with Gasteiger partial charge in [-0.05, 0) is 0 Å². The minimum Gasteiger partial charge on any atom is -0.396 e. The molecule has 6 nitrogen and oxygen atoms in total. The van der Waals surface area contributed by atoms with Crippen LogP contribution in [0.5, 0.6) is 0 Å². The van der Waals surface area contributed by atoms with E-state index < -0.39 is 0 Å². The van der Waals surface area contributed by atoms with Crippen LogP contribution in [-0.2, 0) is 0 Å². The van der Waals surface area contributed by atoms with Crippen LogP contribution in [0.2, 0.25) is 0 Å². The van der Waals surface area contributed by atoms with Crippen LogP contribution in [0.4, 0.5) is 0 Å². The van der Waals surface area contributed by atoms with Gasteiger partial charge in [-0.2, -0.15) is 0 Å². The van der Waals surface area contributed by atoms with Crippen LogP contribution in [0.1, 0.15) is 0 Å². The highest BCUT2D eigenvalue weighted by molar-refractivity contribution is 4.80. The van der Waals surface area contributed by atoms with Crippen LogP contribution < -0.4 is 10.6 Å². The Morgan fingerprint density at radius 3 is 0.944 bits per heavy atom. The molecular formula is C12H26N2O4. The van der Waals surface area contributed by atoms with E-state index in [1.807, 2.05) is 0 Å². The summed E-state index contributed by atoms with van der Waals surface area (Å²) in [4.78, 5) is 0. The molecule has 0 aliphatic carbocycles. The third-order valence-electron chi connectivity index (χ3n) is 3.90. The van der Waals surface area contributed by atoms with Crippen molar-refractivity contribution in [3.05, 3.63) is 0 Å². The average molecular weight is 262 g/mol. The van der Waals surface area contributed by atoms with Crippen molar-refractivity contribution in [2.24, 2.45) is 23.7 Å². The van der Waals surface area contributed by atoms with E-state index in [0.717, 1.165) is 26.2 Å². The summed E-state index contributed by atoms with van der Waals surface area (Å²) in [6.45, 7) is 4.17. The highest BCUT2D eigenvalue weighted by Gasteiger charge is 2.25. The molecule has 0 aromatic rings. The molecule has 2 aliphatic rings. The first-order chi connectivity index (χ1) is 8.76. The Morgan fingerprint density at radius 2 is 0.778 bits per heavy atom. The van der Waals surface area contributed by atoms with E-state index in [1.165, 1.54) is 0 Å². The Bertz CT molecular complexity index is 176. The number of hydrogen-bond donors (Lipinski definition) is 6. The van der Waals surface area contributed by atoms with Crippen molar-refractivity contribution in [1.29, 1.82) is 0 Å².